The zero-order valence-corrected chi connectivity index (χ0v) is 11.7. The normalized spacial score (nSPS) is 10.9. The maximum Gasteiger partial charge on any atom is 0.250 e. The molecule has 0 aliphatic rings. The molecular formula is C15H11N3O2S. The lowest BCUT2D eigenvalue weighted by atomic mass is 10.3. The van der Waals surface area contributed by atoms with Gasteiger partial charge in [-0.1, -0.05) is 6.07 Å². The fraction of sp³-hybridized carbons (Fsp3) is 0. The number of carbonyl (C=O) groups excluding carboxylic acids is 1. The molecule has 0 aliphatic heterocycles. The molecule has 0 fully saturated rings. The largest absolute Gasteiger partial charge is 0.465 e. The van der Waals surface area contributed by atoms with Crippen LogP contribution in [0.25, 0.3) is 17.5 Å². The number of amides is 1. The molecule has 6 heteroatoms. The number of furan rings is 1. The Morgan fingerprint density at radius 1 is 1.24 bits per heavy atom. The number of nitrogens with one attached hydrogen (secondary N) is 1. The van der Waals surface area contributed by atoms with Crippen molar-refractivity contribution in [2.24, 2.45) is 0 Å². The van der Waals surface area contributed by atoms with Crippen LogP contribution in [0.3, 0.4) is 0 Å². The van der Waals surface area contributed by atoms with Crippen molar-refractivity contribution in [2.75, 3.05) is 5.32 Å². The predicted octanol–water partition coefficient (Wildman–Crippen LogP) is 3.45. The molecule has 0 unspecified atom stereocenters. The fourth-order valence-electron chi connectivity index (χ4n) is 1.65. The Labute approximate surface area is 125 Å². The number of thiazole rings is 1. The average molecular weight is 297 g/mol. The van der Waals surface area contributed by atoms with E-state index in [0.29, 0.717) is 10.9 Å². The maximum atomic E-state index is 11.8. The van der Waals surface area contributed by atoms with Gasteiger partial charge in [-0.05, 0) is 30.3 Å². The number of pyridine rings is 1. The molecule has 0 saturated carbocycles. The number of carbonyl (C=O) groups is 1. The monoisotopic (exact) mass is 297 g/mol. The summed E-state index contributed by atoms with van der Waals surface area (Å²) in [4.78, 5) is 20.3. The van der Waals surface area contributed by atoms with E-state index in [0.717, 1.165) is 11.4 Å². The van der Waals surface area contributed by atoms with Crippen molar-refractivity contribution in [2.45, 2.75) is 0 Å². The zero-order chi connectivity index (χ0) is 14.5. The van der Waals surface area contributed by atoms with E-state index in [9.17, 15) is 4.79 Å². The van der Waals surface area contributed by atoms with Crippen LogP contribution >= 0.6 is 11.3 Å². The highest BCUT2D eigenvalue weighted by molar-refractivity contribution is 7.14. The summed E-state index contributed by atoms with van der Waals surface area (Å²) < 4.78 is 5.11. The maximum absolute atomic E-state index is 11.8. The van der Waals surface area contributed by atoms with Crippen molar-refractivity contribution in [3.05, 3.63) is 60.0 Å². The third kappa shape index (κ3) is 3.43. The van der Waals surface area contributed by atoms with Crippen molar-refractivity contribution in [1.29, 1.82) is 0 Å². The molecule has 5 nitrogen and oxygen atoms in total. The van der Waals surface area contributed by atoms with Crippen molar-refractivity contribution < 1.29 is 9.21 Å². The van der Waals surface area contributed by atoms with Crippen LogP contribution in [0.5, 0.6) is 0 Å². The SMILES string of the molecule is O=C(/C=C/c1ccco1)Nc1nc(-c2ccccn2)cs1. The van der Waals surface area contributed by atoms with E-state index in [1.165, 1.54) is 17.4 Å². The second kappa shape index (κ2) is 6.15. The van der Waals surface area contributed by atoms with Gasteiger partial charge in [-0.2, -0.15) is 0 Å². The van der Waals surface area contributed by atoms with E-state index < -0.39 is 0 Å². The molecule has 0 spiro atoms. The molecule has 0 aliphatic carbocycles. The Bertz CT molecular complexity index is 748. The van der Waals surface area contributed by atoms with Gasteiger partial charge >= 0.3 is 0 Å². The summed E-state index contributed by atoms with van der Waals surface area (Å²) in [5.41, 5.74) is 1.52. The molecular weight excluding hydrogens is 286 g/mol. The molecule has 0 radical (unpaired) electrons. The topological polar surface area (TPSA) is 68.0 Å². The molecule has 1 N–H and O–H groups in total. The smallest absolute Gasteiger partial charge is 0.250 e. The third-order valence-corrected chi connectivity index (χ3v) is 3.36. The van der Waals surface area contributed by atoms with Gasteiger partial charge in [-0.3, -0.25) is 15.1 Å². The summed E-state index contributed by atoms with van der Waals surface area (Å²) >= 11 is 1.36. The highest BCUT2D eigenvalue weighted by Gasteiger charge is 2.06. The number of rotatable bonds is 4. The lowest BCUT2D eigenvalue weighted by Gasteiger charge is -1.96. The Balaban J connectivity index is 1.66. The second-order valence-corrected chi connectivity index (χ2v) is 4.95. The molecule has 0 aromatic carbocycles. The van der Waals surface area contributed by atoms with Gasteiger partial charge < -0.3 is 4.42 Å². The van der Waals surface area contributed by atoms with Crippen LogP contribution in [0.2, 0.25) is 0 Å². The number of hydrogen-bond acceptors (Lipinski definition) is 5. The van der Waals surface area contributed by atoms with Gasteiger partial charge in [0.2, 0.25) is 5.91 Å². The first-order chi connectivity index (χ1) is 10.3. The van der Waals surface area contributed by atoms with Crippen molar-refractivity contribution in [1.82, 2.24) is 9.97 Å². The van der Waals surface area contributed by atoms with Crippen LogP contribution in [-0.4, -0.2) is 15.9 Å². The third-order valence-electron chi connectivity index (χ3n) is 2.60. The molecule has 3 heterocycles. The van der Waals surface area contributed by atoms with E-state index in [-0.39, 0.29) is 5.91 Å². The Morgan fingerprint density at radius 2 is 2.19 bits per heavy atom. The first-order valence-corrected chi connectivity index (χ1v) is 7.09. The minimum Gasteiger partial charge on any atom is -0.465 e. The zero-order valence-electron chi connectivity index (χ0n) is 10.9. The van der Waals surface area contributed by atoms with Crippen LogP contribution in [0.15, 0.2) is 58.7 Å². The molecule has 0 bridgehead atoms. The van der Waals surface area contributed by atoms with Crippen LogP contribution in [0.4, 0.5) is 5.13 Å². The summed E-state index contributed by atoms with van der Waals surface area (Å²) in [5.74, 6) is 0.367. The molecule has 21 heavy (non-hydrogen) atoms. The van der Waals surface area contributed by atoms with Gasteiger partial charge in [-0.15, -0.1) is 11.3 Å². The molecule has 3 aromatic rings. The predicted molar refractivity (Wildman–Crippen MR) is 81.7 cm³/mol. The van der Waals surface area contributed by atoms with E-state index in [1.54, 1.807) is 30.7 Å². The highest BCUT2D eigenvalue weighted by Crippen LogP contribution is 2.23. The van der Waals surface area contributed by atoms with Gasteiger partial charge in [-0.25, -0.2) is 4.98 Å². The average Bonchev–Trinajstić information content (AvgIpc) is 3.17. The molecule has 0 atom stereocenters. The van der Waals surface area contributed by atoms with Crippen molar-refractivity contribution >= 4 is 28.5 Å². The van der Waals surface area contributed by atoms with Gasteiger partial charge in [0.05, 0.1) is 12.0 Å². The Hall–Kier alpha value is -2.73. The standard InChI is InChI=1S/C15H11N3O2S/c19-14(7-6-11-4-3-9-20-11)18-15-17-13(10-21-15)12-5-1-2-8-16-12/h1-10H,(H,17,18,19)/b7-6+. The van der Waals surface area contributed by atoms with E-state index >= 15 is 0 Å². The fourth-order valence-corrected chi connectivity index (χ4v) is 2.36. The minimum atomic E-state index is -0.256. The van der Waals surface area contributed by atoms with Gasteiger partial charge in [0.15, 0.2) is 5.13 Å². The lowest BCUT2D eigenvalue weighted by Crippen LogP contribution is -2.07. The first-order valence-electron chi connectivity index (χ1n) is 6.21. The number of nitrogens with zero attached hydrogens (tertiary/aromatic N) is 2. The molecule has 0 saturated heterocycles. The molecule has 3 aromatic heterocycles. The number of aromatic nitrogens is 2. The van der Waals surface area contributed by atoms with Gasteiger partial charge in [0, 0.05) is 17.7 Å². The summed E-state index contributed by atoms with van der Waals surface area (Å²) in [5, 5.41) is 5.09. The van der Waals surface area contributed by atoms with Crippen LogP contribution in [0.1, 0.15) is 5.76 Å². The summed E-state index contributed by atoms with van der Waals surface area (Å²) in [7, 11) is 0. The summed E-state index contributed by atoms with van der Waals surface area (Å²) in [6.45, 7) is 0. The van der Waals surface area contributed by atoms with E-state index in [1.807, 2.05) is 23.6 Å². The molecule has 1 amide bonds. The Kier molecular flexibility index (Phi) is 3.88. The molecule has 104 valence electrons. The van der Waals surface area contributed by atoms with Gasteiger partial charge in [0.1, 0.15) is 11.5 Å². The number of hydrogen-bond donors (Lipinski definition) is 1. The first kappa shape index (κ1) is 13.3. The minimum absolute atomic E-state index is 0.256. The summed E-state index contributed by atoms with van der Waals surface area (Å²) in [6, 6.07) is 9.14. The van der Waals surface area contributed by atoms with Gasteiger partial charge in [0.25, 0.3) is 0 Å². The van der Waals surface area contributed by atoms with Crippen LogP contribution in [0, 0.1) is 0 Å². The number of anilines is 1. The highest BCUT2D eigenvalue weighted by atomic mass is 32.1. The van der Waals surface area contributed by atoms with E-state index in [2.05, 4.69) is 15.3 Å². The van der Waals surface area contributed by atoms with Crippen LogP contribution < -0.4 is 5.32 Å². The van der Waals surface area contributed by atoms with E-state index in [4.69, 9.17) is 4.42 Å². The molecule has 3 rings (SSSR count). The Morgan fingerprint density at radius 3 is 2.95 bits per heavy atom. The summed E-state index contributed by atoms with van der Waals surface area (Å²) in [6.07, 6.45) is 6.26. The quantitative estimate of drug-likeness (QED) is 0.749. The lowest BCUT2D eigenvalue weighted by molar-refractivity contribution is -0.111. The van der Waals surface area contributed by atoms with Crippen LogP contribution in [-0.2, 0) is 4.79 Å². The van der Waals surface area contributed by atoms with Crippen molar-refractivity contribution in [3.8, 4) is 11.4 Å². The van der Waals surface area contributed by atoms with Crippen molar-refractivity contribution in [3.63, 3.8) is 0 Å². The second-order valence-electron chi connectivity index (χ2n) is 4.09.